The molecule has 0 aliphatic heterocycles. The number of aryl methyl sites for hydroxylation is 1. The Morgan fingerprint density at radius 3 is 2.60 bits per heavy atom. The van der Waals surface area contributed by atoms with Crippen LogP contribution < -0.4 is 4.72 Å². The van der Waals surface area contributed by atoms with Gasteiger partial charge in [0.15, 0.2) is 0 Å². The Morgan fingerprint density at radius 1 is 1.40 bits per heavy atom. The van der Waals surface area contributed by atoms with Crippen molar-refractivity contribution in [3.05, 3.63) is 15.8 Å². The molecule has 6 heteroatoms. The van der Waals surface area contributed by atoms with Crippen molar-refractivity contribution >= 4 is 21.4 Å². The molecule has 1 aliphatic rings. The van der Waals surface area contributed by atoms with Crippen LogP contribution in [0.1, 0.15) is 48.8 Å². The number of aliphatic hydroxyl groups is 1. The fraction of sp³-hybridized carbons (Fsp3) is 0.714. The number of rotatable bonds is 5. The molecule has 0 saturated heterocycles. The van der Waals surface area contributed by atoms with E-state index >= 15 is 0 Å². The minimum Gasteiger partial charge on any atom is -0.391 e. The summed E-state index contributed by atoms with van der Waals surface area (Å²) < 4.78 is 27.7. The van der Waals surface area contributed by atoms with Gasteiger partial charge in [-0.2, -0.15) is 0 Å². The average Bonchev–Trinajstić information content (AvgIpc) is 2.81. The summed E-state index contributed by atoms with van der Waals surface area (Å²) >= 11 is 1.33. The zero-order valence-corrected chi connectivity index (χ0v) is 13.7. The highest BCUT2D eigenvalue weighted by Crippen LogP contribution is 2.29. The molecule has 1 aromatic heterocycles. The molecule has 0 aromatic carbocycles. The van der Waals surface area contributed by atoms with E-state index in [1.807, 2.05) is 6.92 Å². The zero-order chi connectivity index (χ0) is 14.8. The van der Waals surface area contributed by atoms with Gasteiger partial charge in [-0.25, -0.2) is 13.1 Å². The lowest BCUT2D eigenvalue weighted by atomic mass is 9.85. The Bertz CT molecular complexity index is 545. The molecule has 1 unspecified atom stereocenters. The Hall–Kier alpha value is -0.430. The van der Waals surface area contributed by atoms with Crippen molar-refractivity contribution in [3.8, 4) is 0 Å². The van der Waals surface area contributed by atoms with Gasteiger partial charge in [-0.05, 0) is 38.7 Å². The second-order valence-corrected chi connectivity index (χ2v) is 8.62. The minimum absolute atomic E-state index is 0.0304. The first-order valence-corrected chi connectivity index (χ1v) is 9.46. The Labute approximate surface area is 125 Å². The van der Waals surface area contributed by atoms with Crippen molar-refractivity contribution in [2.75, 3.05) is 0 Å². The third-order valence-corrected chi connectivity index (χ3v) is 6.92. The first-order chi connectivity index (χ1) is 9.44. The molecule has 4 nitrogen and oxygen atoms in total. The van der Waals surface area contributed by atoms with Gasteiger partial charge in [0, 0.05) is 15.8 Å². The van der Waals surface area contributed by atoms with Crippen LogP contribution in [0.25, 0.3) is 0 Å². The summed E-state index contributed by atoms with van der Waals surface area (Å²) in [6.07, 6.45) is 5.87. The Balaban J connectivity index is 2.11. The highest BCUT2D eigenvalue weighted by molar-refractivity contribution is 7.89. The molecule has 1 heterocycles. The molecule has 1 saturated carbocycles. The normalized spacial score (nSPS) is 19.1. The molecule has 2 rings (SSSR count). The van der Waals surface area contributed by atoms with Gasteiger partial charge in [0.25, 0.3) is 0 Å². The maximum absolute atomic E-state index is 12.4. The molecule has 2 N–H and O–H groups in total. The molecule has 1 atom stereocenters. The number of nitrogens with one attached hydrogen (secondary N) is 1. The van der Waals surface area contributed by atoms with Gasteiger partial charge in [0.2, 0.25) is 10.0 Å². The van der Waals surface area contributed by atoms with Gasteiger partial charge in [0.05, 0.1) is 11.5 Å². The summed E-state index contributed by atoms with van der Waals surface area (Å²) in [6, 6.07) is 1.55. The predicted octanol–water partition coefficient (Wildman–Crippen LogP) is 2.80. The van der Waals surface area contributed by atoms with Crippen molar-refractivity contribution in [2.24, 2.45) is 5.92 Å². The van der Waals surface area contributed by atoms with Crippen molar-refractivity contribution in [1.29, 1.82) is 0 Å². The second-order valence-electron chi connectivity index (χ2n) is 5.60. The molecule has 20 heavy (non-hydrogen) atoms. The van der Waals surface area contributed by atoms with Crippen LogP contribution in [-0.4, -0.2) is 19.6 Å². The SMILES string of the molecule is Cc1sc(CO)cc1S(=O)(=O)NC(C)C1CCCCC1. The lowest BCUT2D eigenvalue weighted by molar-refractivity contribution is 0.285. The van der Waals surface area contributed by atoms with Gasteiger partial charge < -0.3 is 5.11 Å². The summed E-state index contributed by atoms with van der Waals surface area (Å²) in [7, 11) is -3.48. The van der Waals surface area contributed by atoms with Crippen molar-refractivity contribution in [2.45, 2.75) is 63.5 Å². The van der Waals surface area contributed by atoms with Crippen LogP contribution >= 0.6 is 11.3 Å². The van der Waals surface area contributed by atoms with Crippen molar-refractivity contribution < 1.29 is 13.5 Å². The van der Waals surface area contributed by atoms with E-state index in [2.05, 4.69) is 4.72 Å². The third-order valence-electron chi connectivity index (χ3n) is 4.07. The van der Waals surface area contributed by atoms with Crippen molar-refractivity contribution in [3.63, 3.8) is 0 Å². The van der Waals surface area contributed by atoms with E-state index in [4.69, 9.17) is 5.11 Å². The van der Waals surface area contributed by atoms with Crippen LogP contribution in [0.2, 0.25) is 0 Å². The van der Waals surface area contributed by atoms with Crippen LogP contribution in [-0.2, 0) is 16.6 Å². The van der Waals surface area contributed by atoms with Crippen LogP contribution in [0.5, 0.6) is 0 Å². The predicted molar refractivity (Wildman–Crippen MR) is 81.3 cm³/mol. The molecule has 1 aromatic rings. The van der Waals surface area contributed by atoms with Gasteiger partial charge >= 0.3 is 0 Å². The molecule has 0 radical (unpaired) electrons. The monoisotopic (exact) mass is 317 g/mol. The highest BCUT2D eigenvalue weighted by atomic mass is 32.2. The first-order valence-electron chi connectivity index (χ1n) is 7.16. The number of hydrogen-bond acceptors (Lipinski definition) is 4. The molecule has 0 bridgehead atoms. The standard InChI is InChI=1S/C14H23NO3S2/c1-10(12-6-4-3-5-7-12)15-20(17,18)14-8-13(9-16)19-11(14)2/h8,10,12,15-16H,3-7,9H2,1-2H3. The zero-order valence-electron chi connectivity index (χ0n) is 12.1. The van der Waals surface area contributed by atoms with E-state index in [9.17, 15) is 8.42 Å². The van der Waals surface area contributed by atoms with Crippen LogP contribution in [0.3, 0.4) is 0 Å². The molecule has 1 aliphatic carbocycles. The number of thiophene rings is 1. The quantitative estimate of drug-likeness (QED) is 0.877. The van der Waals surface area contributed by atoms with E-state index in [-0.39, 0.29) is 12.6 Å². The summed E-state index contributed by atoms with van der Waals surface area (Å²) in [6.45, 7) is 3.63. The molecule has 0 spiro atoms. The van der Waals surface area contributed by atoms with Crippen LogP contribution in [0.4, 0.5) is 0 Å². The topological polar surface area (TPSA) is 66.4 Å². The number of sulfonamides is 1. The second kappa shape index (κ2) is 6.56. The number of aliphatic hydroxyl groups excluding tert-OH is 1. The molecular weight excluding hydrogens is 294 g/mol. The summed E-state index contributed by atoms with van der Waals surface area (Å²) in [5.41, 5.74) is 0. The maximum Gasteiger partial charge on any atom is 0.241 e. The molecular formula is C14H23NO3S2. The minimum atomic E-state index is -3.48. The fourth-order valence-corrected chi connectivity index (χ4v) is 5.72. The lowest BCUT2D eigenvalue weighted by Crippen LogP contribution is -2.38. The lowest BCUT2D eigenvalue weighted by Gasteiger charge is -2.28. The van der Waals surface area contributed by atoms with Gasteiger partial charge in [0.1, 0.15) is 0 Å². The third kappa shape index (κ3) is 3.61. The average molecular weight is 317 g/mol. The van der Waals surface area contributed by atoms with Crippen molar-refractivity contribution in [1.82, 2.24) is 4.72 Å². The summed E-state index contributed by atoms with van der Waals surface area (Å²) in [5, 5.41) is 9.12. The highest BCUT2D eigenvalue weighted by Gasteiger charge is 2.27. The van der Waals surface area contributed by atoms with E-state index in [0.29, 0.717) is 15.7 Å². The Kier molecular flexibility index (Phi) is 5.23. The van der Waals surface area contributed by atoms with E-state index in [1.165, 1.54) is 30.6 Å². The van der Waals surface area contributed by atoms with E-state index in [1.54, 1.807) is 13.0 Å². The maximum atomic E-state index is 12.4. The van der Waals surface area contributed by atoms with Gasteiger partial charge in [-0.15, -0.1) is 11.3 Å². The van der Waals surface area contributed by atoms with Crippen LogP contribution in [0, 0.1) is 12.8 Å². The molecule has 0 amide bonds. The first kappa shape index (κ1) is 15.9. The summed E-state index contributed by atoms with van der Waals surface area (Å²) in [5.74, 6) is 0.440. The molecule has 1 fully saturated rings. The molecule has 114 valence electrons. The van der Waals surface area contributed by atoms with E-state index in [0.717, 1.165) is 17.7 Å². The smallest absolute Gasteiger partial charge is 0.241 e. The van der Waals surface area contributed by atoms with Gasteiger partial charge in [-0.3, -0.25) is 0 Å². The summed E-state index contributed by atoms with van der Waals surface area (Å²) in [4.78, 5) is 1.74. The van der Waals surface area contributed by atoms with E-state index < -0.39 is 10.0 Å². The van der Waals surface area contributed by atoms with Crippen LogP contribution in [0.15, 0.2) is 11.0 Å². The van der Waals surface area contributed by atoms with Gasteiger partial charge in [-0.1, -0.05) is 19.3 Å². The number of hydrogen-bond donors (Lipinski definition) is 2. The Morgan fingerprint density at radius 2 is 2.05 bits per heavy atom. The largest absolute Gasteiger partial charge is 0.391 e. The fourth-order valence-electron chi connectivity index (χ4n) is 2.91.